The van der Waals surface area contributed by atoms with Crippen molar-refractivity contribution in [1.82, 2.24) is 15.2 Å². The number of benzene rings is 2. The van der Waals surface area contributed by atoms with Gasteiger partial charge in [-0.3, -0.25) is 4.79 Å². The fourth-order valence-electron chi connectivity index (χ4n) is 4.03. The predicted molar refractivity (Wildman–Crippen MR) is 117 cm³/mol. The van der Waals surface area contributed by atoms with E-state index in [1.807, 2.05) is 33.4 Å². The van der Waals surface area contributed by atoms with Crippen LogP contribution < -0.4 is 15.9 Å². The topological polar surface area (TPSA) is 101 Å². The Morgan fingerprint density at radius 1 is 1.07 bits per heavy atom. The Labute approximate surface area is 174 Å². The van der Waals surface area contributed by atoms with Crippen molar-refractivity contribution in [1.29, 1.82) is 0 Å². The van der Waals surface area contributed by atoms with Gasteiger partial charge in [-0.15, -0.1) is 0 Å². The Balaban J connectivity index is 1.93. The number of fused-ring (bicyclic) bond motifs is 2. The van der Waals surface area contributed by atoms with Gasteiger partial charge in [-0.1, -0.05) is 0 Å². The van der Waals surface area contributed by atoms with E-state index >= 15 is 0 Å². The molecule has 30 heavy (non-hydrogen) atoms. The summed E-state index contributed by atoms with van der Waals surface area (Å²) in [6.45, 7) is 1.48. The highest BCUT2D eigenvalue weighted by Gasteiger charge is 2.22. The van der Waals surface area contributed by atoms with Crippen LogP contribution in [-0.4, -0.2) is 60.2 Å². The van der Waals surface area contributed by atoms with E-state index in [0.717, 1.165) is 40.6 Å². The number of H-pyrrole nitrogens is 1. The number of likely N-dealkylation sites (N-methyl/N-ethyl adjacent to an activating group) is 1. The van der Waals surface area contributed by atoms with E-state index in [9.17, 15) is 15.0 Å². The van der Waals surface area contributed by atoms with Gasteiger partial charge in [-0.2, -0.15) is 0 Å². The first-order valence-electron chi connectivity index (χ1n) is 10.0. The highest BCUT2D eigenvalue weighted by molar-refractivity contribution is 6.16. The van der Waals surface area contributed by atoms with Crippen molar-refractivity contribution >= 4 is 22.4 Å². The lowest BCUT2D eigenvalue weighted by atomic mass is 9.98. The second-order valence-corrected chi connectivity index (χ2v) is 7.85. The minimum atomic E-state index is -0.309. The number of carbonyl (C=O) groups is 1. The number of aromatic amines is 1. The largest absolute Gasteiger partial charge is 0.507 e. The van der Waals surface area contributed by atoms with Gasteiger partial charge in [0.05, 0.1) is 16.1 Å². The smallest absolute Gasteiger partial charge is 0.274 e. The van der Waals surface area contributed by atoms with Gasteiger partial charge >= 0.3 is 0 Å². The second kappa shape index (κ2) is 7.93. The van der Waals surface area contributed by atoms with E-state index in [0.29, 0.717) is 29.1 Å². The molecule has 1 aliphatic heterocycles. The van der Waals surface area contributed by atoms with Crippen molar-refractivity contribution in [2.45, 2.75) is 12.8 Å². The summed E-state index contributed by atoms with van der Waals surface area (Å²) in [5, 5.41) is 25.8. The summed E-state index contributed by atoms with van der Waals surface area (Å²) in [5.41, 5.74) is 3.93. The number of nitrogens with zero attached hydrogens (tertiary/aromatic N) is 2. The Morgan fingerprint density at radius 2 is 1.80 bits per heavy atom. The lowest BCUT2D eigenvalue weighted by molar-refractivity contribution is -0.112. The third-order valence-electron chi connectivity index (χ3n) is 5.57. The maximum atomic E-state index is 12.5. The molecule has 0 bridgehead atoms. The number of phenols is 2. The third kappa shape index (κ3) is 3.36. The van der Waals surface area contributed by atoms with Crippen molar-refractivity contribution in [2.75, 3.05) is 34.2 Å². The summed E-state index contributed by atoms with van der Waals surface area (Å²) >= 11 is 0. The minimum absolute atomic E-state index is 0.0580. The maximum Gasteiger partial charge on any atom is 0.274 e. The number of aromatic nitrogens is 1. The number of hydrogen-bond donors (Lipinski definition) is 4. The summed E-state index contributed by atoms with van der Waals surface area (Å²) in [6.07, 6.45) is 3.21. The van der Waals surface area contributed by atoms with Crippen LogP contribution in [0.5, 0.6) is 11.5 Å². The SMILES string of the molecule is CNCCC1=c2c(O)ccc(-c3ccc(O)c4c(CCN(C)C)c[nH]c34)c2=NC1=O. The van der Waals surface area contributed by atoms with Crippen molar-refractivity contribution < 1.29 is 15.0 Å². The van der Waals surface area contributed by atoms with E-state index in [1.165, 1.54) is 0 Å². The summed E-state index contributed by atoms with van der Waals surface area (Å²) in [5.74, 6) is -0.0349. The van der Waals surface area contributed by atoms with E-state index in [-0.39, 0.29) is 17.4 Å². The first kappa shape index (κ1) is 20.1. The number of nitrogens with one attached hydrogen (secondary N) is 2. The molecule has 0 spiro atoms. The van der Waals surface area contributed by atoms with Gasteiger partial charge in [0.2, 0.25) is 0 Å². The molecule has 0 saturated heterocycles. The Morgan fingerprint density at radius 3 is 2.53 bits per heavy atom. The molecule has 7 nitrogen and oxygen atoms in total. The van der Waals surface area contributed by atoms with Crippen LogP contribution >= 0.6 is 0 Å². The molecule has 0 saturated carbocycles. The van der Waals surface area contributed by atoms with E-state index in [1.54, 1.807) is 18.2 Å². The molecular formula is C23H26N4O3. The van der Waals surface area contributed by atoms with Crippen LogP contribution in [0, 0.1) is 0 Å². The molecule has 0 aliphatic carbocycles. The molecule has 2 heterocycles. The Hall–Kier alpha value is -3.16. The summed E-state index contributed by atoms with van der Waals surface area (Å²) in [4.78, 5) is 22.2. The number of aromatic hydroxyl groups is 2. The van der Waals surface area contributed by atoms with Crippen LogP contribution in [0.4, 0.5) is 0 Å². The predicted octanol–water partition coefficient (Wildman–Crippen LogP) is 1.27. The van der Waals surface area contributed by atoms with Crippen molar-refractivity contribution in [3.05, 3.63) is 46.6 Å². The van der Waals surface area contributed by atoms with Gasteiger partial charge < -0.3 is 25.4 Å². The summed E-state index contributed by atoms with van der Waals surface area (Å²) in [7, 11) is 5.85. The first-order chi connectivity index (χ1) is 14.4. The van der Waals surface area contributed by atoms with Gasteiger partial charge in [0.15, 0.2) is 0 Å². The summed E-state index contributed by atoms with van der Waals surface area (Å²) < 4.78 is 0. The molecule has 0 atom stereocenters. The molecule has 4 rings (SSSR count). The van der Waals surface area contributed by atoms with Gasteiger partial charge in [0.1, 0.15) is 11.5 Å². The van der Waals surface area contributed by atoms with E-state index in [4.69, 9.17) is 0 Å². The van der Waals surface area contributed by atoms with Crippen LogP contribution in [-0.2, 0) is 11.2 Å². The van der Waals surface area contributed by atoms with Crippen LogP contribution in [0.1, 0.15) is 12.0 Å². The number of phenolic OH excluding ortho intramolecular Hbond substituents is 2. The summed E-state index contributed by atoms with van der Waals surface area (Å²) in [6, 6.07) is 6.88. The molecule has 156 valence electrons. The normalized spacial score (nSPS) is 13.3. The van der Waals surface area contributed by atoms with Crippen molar-refractivity contribution in [3.8, 4) is 22.6 Å². The lowest BCUT2D eigenvalue weighted by Crippen LogP contribution is -2.26. The van der Waals surface area contributed by atoms with E-state index in [2.05, 4.69) is 20.2 Å². The standard InChI is InChI=1S/C23H26N4O3/c1-24-10-8-16-20-18(29)7-5-15(22(20)26-23(16)30)14-4-6-17(28)19-13(9-11-27(2)3)12-25-21(14)19/h4-7,12,24-25,28-29H,8-11H2,1-3H3. The molecule has 3 aromatic rings. The number of rotatable bonds is 7. The third-order valence-corrected chi connectivity index (χ3v) is 5.57. The second-order valence-electron chi connectivity index (χ2n) is 7.85. The average Bonchev–Trinajstić information content (AvgIpc) is 3.28. The van der Waals surface area contributed by atoms with E-state index < -0.39 is 0 Å². The number of amides is 1. The number of carbonyl (C=O) groups excluding carboxylic acids is 1. The minimum Gasteiger partial charge on any atom is -0.507 e. The molecule has 0 unspecified atom stereocenters. The highest BCUT2D eigenvalue weighted by Crippen LogP contribution is 2.35. The fraction of sp³-hybridized carbons (Fsp3) is 0.304. The Bertz CT molecular complexity index is 1260. The van der Waals surface area contributed by atoms with Crippen LogP contribution in [0.3, 0.4) is 0 Å². The zero-order valence-electron chi connectivity index (χ0n) is 17.4. The highest BCUT2D eigenvalue weighted by atomic mass is 16.3. The first-order valence-corrected chi connectivity index (χ1v) is 10.0. The molecule has 2 aromatic carbocycles. The zero-order chi connectivity index (χ0) is 21.4. The molecule has 1 aliphatic rings. The Kier molecular flexibility index (Phi) is 5.32. The zero-order valence-corrected chi connectivity index (χ0v) is 17.4. The van der Waals surface area contributed by atoms with Gasteiger partial charge in [-0.25, -0.2) is 4.99 Å². The lowest BCUT2D eigenvalue weighted by Gasteiger charge is -2.10. The van der Waals surface area contributed by atoms with Crippen molar-refractivity contribution in [2.24, 2.45) is 4.99 Å². The quantitative estimate of drug-likeness (QED) is 0.473. The van der Waals surface area contributed by atoms with Crippen molar-refractivity contribution in [3.63, 3.8) is 0 Å². The van der Waals surface area contributed by atoms with Gasteiger partial charge in [0, 0.05) is 34.8 Å². The average molecular weight is 406 g/mol. The molecule has 7 heteroatoms. The molecule has 1 amide bonds. The molecule has 0 radical (unpaired) electrons. The fourth-order valence-corrected chi connectivity index (χ4v) is 4.03. The van der Waals surface area contributed by atoms with Crippen LogP contribution in [0.15, 0.2) is 35.5 Å². The van der Waals surface area contributed by atoms with Crippen LogP contribution in [0.2, 0.25) is 0 Å². The molecular weight excluding hydrogens is 380 g/mol. The molecule has 0 fully saturated rings. The van der Waals surface area contributed by atoms with Crippen LogP contribution in [0.25, 0.3) is 27.6 Å². The monoisotopic (exact) mass is 406 g/mol. The van der Waals surface area contributed by atoms with Gasteiger partial charge in [0.25, 0.3) is 5.91 Å². The van der Waals surface area contributed by atoms with Gasteiger partial charge in [-0.05, 0) is 70.4 Å². The number of hydrogen-bond acceptors (Lipinski definition) is 5. The molecule has 1 aromatic heterocycles. The molecule has 4 N–H and O–H groups in total. The maximum absolute atomic E-state index is 12.5.